The number of rotatable bonds is 2. The molecule has 0 amide bonds. The van der Waals surface area contributed by atoms with Crippen LogP contribution >= 0.6 is 0 Å². The third kappa shape index (κ3) is 1.70. The maximum Gasteiger partial charge on any atom is 0.111 e. The Labute approximate surface area is 108 Å². The number of dihydropyridines is 1. The Morgan fingerprint density at radius 3 is 2.94 bits per heavy atom. The highest BCUT2D eigenvalue weighted by Crippen LogP contribution is 2.41. The van der Waals surface area contributed by atoms with Crippen LogP contribution in [-0.4, -0.2) is 31.6 Å². The Hall–Kier alpha value is -1.48. The third-order valence-corrected chi connectivity index (χ3v) is 3.94. The third-order valence-electron chi connectivity index (χ3n) is 3.94. The molecule has 0 fully saturated rings. The van der Waals surface area contributed by atoms with E-state index in [1.807, 2.05) is 0 Å². The largest absolute Gasteiger partial charge is 0.493 e. The first-order chi connectivity index (χ1) is 8.70. The molecule has 0 bridgehead atoms. The van der Waals surface area contributed by atoms with Crippen LogP contribution in [0.4, 0.5) is 0 Å². The Morgan fingerprint density at radius 2 is 2.22 bits per heavy atom. The average Bonchev–Trinajstić information content (AvgIpc) is 2.62. The van der Waals surface area contributed by atoms with Crippen LogP contribution in [0.3, 0.4) is 0 Å². The van der Waals surface area contributed by atoms with Crippen molar-refractivity contribution >= 4 is 0 Å². The van der Waals surface area contributed by atoms with Crippen LogP contribution in [-0.2, 0) is 4.74 Å². The summed E-state index contributed by atoms with van der Waals surface area (Å²) in [6.45, 7) is 2.87. The molecule has 0 aromatic carbocycles. The zero-order chi connectivity index (χ0) is 12.7. The molecule has 0 saturated heterocycles. The zero-order valence-corrected chi connectivity index (χ0v) is 11.3. The first kappa shape index (κ1) is 11.6. The van der Waals surface area contributed by atoms with Crippen molar-refractivity contribution < 1.29 is 4.74 Å². The van der Waals surface area contributed by atoms with Gasteiger partial charge >= 0.3 is 0 Å². The van der Waals surface area contributed by atoms with E-state index in [0.717, 1.165) is 25.2 Å². The number of hydrogen-bond donors (Lipinski definition) is 1. The van der Waals surface area contributed by atoms with Crippen LogP contribution in [0.25, 0.3) is 0 Å². The van der Waals surface area contributed by atoms with Gasteiger partial charge in [0.15, 0.2) is 0 Å². The second-order valence-electron chi connectivity index (χ2n) is 5.27. The lowest BCUT2D eigenvalue weighted by Gasteiger charge is -2.22. The Balaban J connectivity index is 2.06. The molecule has 18 heavy (non-hydrogen) atoms. The topological polar surface area (TPSA) is 24.5 Å². The van der Waals surface area contributed by atoms with Gasteiger partial charge in [-0.05, 0) is 43.3 Å². The first-order valence-corrected chi connectivity index (χ1v) is 6.59. The second kappa shape index (κ2) is 4.32. The average molecular weight is 244 g/mol. The monoisotopic (exact) mass is 244 g/mol. The molecular formula is C15H20N2O. The summed E-state index contributed by atoms with van der Waals surface area (Å²) < 4.78 is 5.94. The molecule has 96 valence electrons. The van der Waals surface area contributed by atoms with Gasteiger partial charge in [0.2, 0.25) is 0 Å². The van der Waals surface area contributed by atoms with E-state index < -0.39 is 0 Å². The fourth-order valence-corrected chi connectivity index (χ4v) is 2.98. The molecular weight excluding hydrogens is 224 g/mol. The van der Waals surface area contributed by atoms with Crippen LogP contribution in [0, 0.1) is 0 Å². The smallest absolute Gasteiger partial charge is 0.111 e. The molecule has 0 saturated carbocycles. The summed E-state index contributed by atoms with van der Waals surface area (Å²) in [5.41, 5.74) is 5.54. The summed E-state index contributed by atoms with van der Waals surface area (Å²) >= 11 is 0. The number of nitrogens with zero attached hydrogens (tertiary/aromatic N) is 1. The summed E-state index contributed by atoms with van der Waals surface area (Å²) in [5.74, 6) is 1.08. The minimum absolute atomic E-state index is 0.471. The highest BCUT2D eigenvalue weighted by atomic mass is 16.5. The van der Waals surface area contributed by atoms with Gasteiger partial charge in [0, 0.05) is 30.4 Å². The molecule has 1 N–H and O–H groups in total. The summed E-state index contributed by atoms with van der Waals surface area (Å²) in [5, 5.41) is 3.27. The Kier molecular flexibility index (Phi) is 2.78. The van der Waals surface area contributed by atoms with Crippen LogP contribution in [0.15, 0.2) is 46.5 Å². The summed E-state index contributed by atoms with van der Waals surface area (Å²) in [7, 11) is 4.29. The maximum atomic E-state index is 5.94. The predicted octanol–water partition coefficient (Wildman–Crippen LogP) is 2.31. The fraction of sp³-hybridized carbons (Fsp3) is 0.467. The highest BCUT2D eigenvalue weighted by molar-refractivity contribution is 5.62. The van der Waals surface area contributed by atoms with Gasteiger partial charge in [0.25, 0.3) is 0 Å². The maximum absolute atomic E-state index is 5.94. The molecule has 2 heterocycles. The van der Waals surface area contributed by atoms with Gasteiger partial charge in [0.1, 0.15) is 6.61 Å². The van der Waals surface area contributed by atoms with Crippen molar-refractivity contribution in [1.29, 1.82) is 0 Å². The second-order valence-corrected chi connectivity index (χ2v) is 5.27. The van der Waals surface area contributed by atoms with Crippen molar-refractivity contribution in [3.05, 3.63) is 46.5 Å². The molecule has 3 heteroatoms. The predicted molar refractivity (Wildman–Crippen MR) is 72.7 cm³/mol. The van der Waals surface area contributed by atoms with Crippen molar-refractivity contribution in [3.8, 4) is 0 Å². The van der Waals surface area contributed by atoms with E-state index in [1.165, 1.54) is 22.3 Å². The normalized spacial score (nSPS) is 25.8. The Bertz CT molecular complexity index is 495. The molecule has 0 aromatic rings. The van der Waals surface area contributed by atoms with Gasteiger partial charge in [0.05, 0.1) is 5.76 Å². The van der Waals surface area contributed by atoms with Crippen LogP contribution in [0.2, 0.25) is 0 Å². The van der Waals surface area contributed by atoms with E-state index in [9.17, 15) is 0 Å². The molecule has 3 nitrogen and oxygen atoms in total. The molecule has 3 rings (SSSR count). The first-order valence-electron chi connectivity index (χ1n) is 6.59. The van der Waals surface area contributed by atoms with Crippen LogP contribution < -0.4 is 5.32 Å². The molecule has 0 radical (unpaired) electrons. The van der Waals surface area contributed by atoms with E-state index in [-0.39, 0.29) is 0 Å². The lowest BCUT2D eigenvalue weighted by atomic mass is 9.97. The fourth-order valence-electron chi connectivity index (χ4n) is 2.98. The lowest BCUT2D eigenvalue weighted by Crippen LogP contribution is -2.29. The summed E-state index contributed by atoms with van der Waals surface area (Å²) in [6, 6.07) is 0.471. The van der Waals surface area contributed by atoms with Crippen molar-refractivity contribution in [2.45, 2.75) is 25.8 Å². The highest BCUT2D eigenvalue weighted by Gasteiger charge is 2.34. The molecule has 0 spiro atoms. The van der Waals surface area contributed by atoms with E-state index in [0.29, 0.717) is 6.04 Å². The number of ether oxygens (including phenoxy) is 1. The number of hydrogen-bond acceptors (Lipinski definition) is 3. The van der Waals surface area contributed by atoms with Gasteiger partial charge < -0.3 is 15.0 Å². The van der Waals surface area contributed by atoms with Crippen LogP contribution in [0.1, 0.15) is 19.8 Å². The zero-order valence-electron chi connectivity index (χ0n) is 11.3. The van der Waals surface area contributed by atoms with Gasteiger partial charge in [-0.15, -0.1) is 0 Å². The number of nitrogens with one attached hydrogen (secondary N) is 1. The van der Waals surface area contributed by atoms with Crippen molar-refractivity contribution in [1.82, 2.24) is 10.2 Å². The van der Waals surface area contributed by atoms with Gasteiger partial charge in [-0.1, -0.05) is 6.92 Å². The number of likely N-dealkylation sites (N-methyl/N-ethyl adjacent to an activating group) is 1. The van der Waals surface area contributed by atoms with Crippen molar-refractivity contribution in [3.63, 3.8) is 0 Å². The standard InChI is InChI=1S/C15H20N2O/c1-4-12-5-10-7-16-8-11-6-14(17(2)3)13(9-18-12)15(10)11/h5,7-8,14,16H,4,6,9H2,1-3H3. The molecule has 0 aromatic heterocycles. The number of allylic oxidation sites excluding steroid dienone is 4. The van der Waals surface area contributed by atoms with E-state index in [2.05, 4.69) is 49.7 Å². The molecule has 1 unspecified atom stereocenters. The minimum atomic E-state index is 0.471. The molecule has 2 aliphatic heterocycles. The van der Waals surface area contributed by atoms with Crippen molar-refractivity contribution in [2.75, 3.05) is 20.7 Å². The van der Waals surface area contributed by atoms with Crippen molar-refractivity contribution in [2.24, 2.45) is 0 Å². The van der Waals surface area contributed by atoms with Gasteiger partial charge in [-0.25, -0.2) is 0 Å². The quantitative estimate of drug-likeness (QED) is 0.806. The minimum Gasteiger partial charge on any atom is -0.493 e. The van der Waals surface area contributed by atoms with E-state index >= 15 is 0 Å². The van der Waals surface area contributed by atoms with E-state index in [1.54, 1.807) is 0 Å². The van der Waals surface area contributed by atoms with Gasteiger partial charge in [-0.2, -0.15) is 0 Å². The summed E-state index contributed by atoms with van der Waals surface area (Å²) in [4.78, 5) is 2.29. The van der Waals surface area contributed by atoms with Gasteiger partial charge in [-0.3, -0.25) is 0 Å². The van der Waals surface area contributed by atoms with Crippen LogP contribution in [0.5, 0.6) is 0 Å². The SMILES string of the molecule is CCC1=CC2=CNC=C3CC(N(C)C)C(=C23)CO1. The molecule has 1 atom stereocenters. The Morgan fingerprint density at radius 1 is 1.39 bits per heavy atom. The summed E-state index contributed by atoms with van der Waals surface area (Å²) in [6.07, 6.45) is 8.43. The molecule has 1 aliphatic carbocycles. The van der Waals surface area contributed by atoms with E-state index in [4.69, 9.17) is 4.74 Å². The molecule has 3 aliphatic rings. The lowest BCUT2D eigenvalue weighted by molar-refractivity contribution is 0.212.